The van der Waals surface area contributed by atoms with Gasteiger partial charge in [0.15, 0.2) is 5.03 Å². The van der Waals surface area contributed by atoms with E-state index in [4.69, 9.17) is 0 Å². The molecule has 2 heterocycles. The average Bonchev–Trinajstić information content (AvgIpc) is 2.93. The topological polar surface area (TPSA) is 78.1 Å². The van der Waals surface area contributed by atoms with E-state index < -0.39 is 10.0 Å². The van der Waals surface area contributed by atoms with Gasteiger partial charge < -0.3 is 5.32 Å². The van der Waals surface area contributed by atoms with Crippen LogP contribution >= 0.6 is 0 Å². The Morgan fingerprint density at radius 2 is 2.37 bits per heavy atom. The highest BCUT2D eigenvalue weighted by molar-refractivity contribution is 7.89. The van der Waals surface area contributed by atoms with E-state index in [0.29, 0.717) is 6.54 Å². The van der Waals surface area contributed by atoms with E-state index in [-0.39, 0.29) is 17.1 Å². The van der Waals surface area contributed by atoms with Gasteiger partial charge in [-0.3, -0.25) is 5.10 Å². The number of piperidine rings is 1. The van der Waals surface area contributed by atoms with Crippen LogP contribution in [0.2, 0.25) is 0 Å². The molecule has 19 heavy (non-hydrogen) atoms. The second kappa shape index (κ2) is 6.02. The summed E-state index contributed by atoms with van der Waals surface area (Å²) < 4.78 is 26.8. The van der Waals surface area contributed by atoms with Gasteiger partial charge in [-0.15, -0.1) is 0 Å². The number of hydrogen-bond donors (Lipinski definition) is 2. The molecule has 2 N–H and O–H groups in total. The summed E-state index contributed by atoms with van der Waals surface area (Å²) in [6.07, 6.45) is 4.37. The summed E-state index contributed by atoms with van der Waals surface area (Å²) in [4.78, 5) is 0. The number of likely N-dealkylation sites (N-methyl/N-ethyl adjacent to an activating group) is 1. The number of H-pyrrole nitrogens is 1. The van der Waals surface area contributed by atoms with E-state index in [1.54, 1.807) is 4.31 Å². The molecular weight excluding hydrogens is 264 g/mol. The Hall–Kier alpha value is -0.920. The number of nitrogens with zero attached hydrogens (tertiary/aromatic N) is 2. The fraction of sp³-hybridized carbons (Fsp3) is 0.750. The summed E-state index contributed by atoms with van der Waals surface area (Å²) in [7, 11) is -3.46. The molecule has 0 aromatic carbocycles. The summed E-state index contributed by atoms with van der Waals surface area (Å²) in [5.41, 5.74) is 0. The van der Waals surface area contributed by atoms with E-state index in [1.807, 2.05) is 6.92 Å². The molecule has 1 fully saturated rings. The Labute approximate surface area is 114 Å². The molecule has 0 spiro atoms. The Morgan fingerprint density at radius 1 is 1.58 bits per heavy atom. The normalized spacial score (nSPS) is 23.4. The molecule has 1 aromatic rings. The van der Waals surface area contributed by atoms with Crippen molar-refractivity contribution in [3.05, 3.63) is 12.3 Å². The van der Waals surface area contributed by atoms with Gasteiger partial charge in [0, 0.05) is 18.6 Å². The molecule has 1 aliphatic rings. The smallest absolute Gasteiger partial charge is 0.260 e. The van der Waals surface area contributed by atoms with Crippen molar-refractivity contribution in [2.24, 2.45) is 0 Å². The van der Waals surface area contributed by atoms with Gasteiger partial charge in [-0.1, -0.05) is 13.3 Å². The lowest BCUT2D eigenvalue weighted by Crippen LogP contribution is -2.53. The number of aromatic amines is 1. The summed E-state index contributed by atoms with van der Waals surface area (Å²) >= 11 is 0. The van der Waals surface area contributed by atoms with Gasteiger partial charge in [0.2, 0.25) is 0 Å². The fourth-order valence-corrected chi connectivity index (χ4v) is 4.37. The lowest BCUT2D eigenvalue weighted by atomic mass is 9.99. The van der Waals surface area contributed by atoms with Crippen LogP contribution in [0.15, 0.2) is 17.3 Å². The second-order valence-corrected chi connectivity index (χ2v) is 6.81. The van der Waals surface area contributed by atoms with E-state index in [0.717, 1.165) is 25.8 Å². The first-order valence-electron chi connectivity index (χ1n) is 6.82. The maximum Gasteiger partial charge on any atom is 0.260 e. The van der Waals surface area contributed by atoms with Gasteiger partial charge in [-0.25, -0.2) is 8.42 Å². The van der Waals surface area contributed by atoms with Crippen molar-refractivity contribution in [3.63, 3.8) is 0 Å². The molecule has 2 rings (SSSR count). The SMILES string of the molecule is CCNC(C)C1CCCCN1S(=O)(=O)c1ccn[nH]1. The maximum absolute atomic E-state index is 12.6. The van der Waals surface area contributed by atoms with Crippen LogP contribution in [0.4, 0.5) is 0 Å². The van der Waals surface area contributed by atoms with Crippen LogP contribution in [0.3, 0.4) is 0 Å². The molecule has 0 bridgehead atoms. The summed E-state index contributed by atoms with van der Waals surface area (Å²) in [5, 5.41) is 9.82. The largest absolute Gasteiger partial charge is 0.313 e. The molecule has 2 atom stereocenters. The molecular formula is C12H22N4O2S. The quantitative estimate of drug-likeness (QED) is 0.845. The molecule has 6 nitrogen and oxygen atoms in total. The monoisotopic (exact) mass is 286 g/mol. The molecule has 1 aliphatic heterocycles. The minimum atomic E-state index is -3.46. The number of aromatic nitrogens is 2. The molecule has 1 saturated heterocycles. The Morgan fingerprint density at radius 3 is 3.00 bits per heavy atom. The van der Waals surface area contributed by atoms with Crippen molar-refractivity contribution in [1.29, 1.82) is 0 Å². The van der Waals surface area contributed by atoms with Crippen molar-refractivity contribution in [1.82, 2.24) is 19.8 Å². The third-order valence-electron chi connectivity index (χ3n) is 3.66. The van der Waals surface area contributed by atoms with Crippen molar-refractivity contribution >= 4 is 10.0 Å². The number of hydrogen-bond acceptors (Lipinski definition) is 4. The van der Waals surface area contributed by atoms with E-state index in [2.05, 4.69) is 22.4 Å². The lowest BCUT2D eigenvalue weighted by molar-refractivity contribution is 0.209. The van der Waals surface area contributed by atoms with Gasteiger partial charge in [-0.05, 0) is 32.4 Å². The lowest BCUT2D eigenvalue weighted by Gasteiger charge is -2.38. The Balaban J connectivity index is 2.24. The van der Waals surface area contributed by atoms with E-state index in [1.165, 1.54) is 12.3 Å². The van der Waals surface area contributed by atoms with Gasteiger partial charge in [0.25, 0.3) is 10.0 Å². The van der Waals surface area contributed by atoms with Crippen molar-refractivity contribution in [2.45, 2.75) is 50.2 Å². The first kappa shape index (κ1) is 14.5. The van der Waals surface area contributed by atoms with Crippen LogP contribution in [-0.4, -0.2) is 48.1 Å². The van der Waals surface area contributed by atoms with Gasteiger partial charge >= 0.3 is 0 Å². The first-order valence-corrected chi connectivity index (χ1v) is 8.26. The first-order chi connectivity index (χ1) is 9.07. The predicted octanol–water partition coefficient (Wildman–Crippen LogP) is 0.951. The summed E-state index contributed by atoms with van der Waals surface area (Å²) in [5.74, 6) is 0. The average molecular weight is 286 g/mol. The minimum absolute atomic E-state index is 0.0157. The molecule has 1 aromatic heterocycles. The third-order valence-corrected chi connectivity index (χ3v) is 5.52. The van der Waals surface area contributed by atoms with Crippen LogP contribution in [0.1, 0.15) is 33.1 Å². The fourth-order valence-electron chi connectivity index (χ4n) is 2.70. The molecule has 0 amide bonds. The Kier molecular flexibility index (Phi) is 4.59. The zero-order valence-corrected chi connectivity index (χ0v) is 12.3. The zero-order chi connectivity index (χ0) is 13.9. The van der Waals surface area contributed by atoms with E-state index in [9.17, 15) is 8.42 Å². The molecule has 7 heteroatoms. The minimum Gasteiger partial charge on any atom is -0.313 e. The van der Waals surface area contributed by atoms with Crippen molar-refractivity contribution < 1.29 is 8.42 Å². The molecule has 0 saturated carbocycles. The number of nitrogens with one attached hydrogen (secondary N) is 2. The van der Waals surface area contributed by atoms with Gasteiger partial charge in [0.05, 0.1) is 6.20 Å². The van der Waals surface area contributed by atoms with Crippen LogP contribution in [0, 0.1) is 0 Å². The highest BCUT2D eigenvalue weighted by Crippen LogP contribution is 2.26. The van der Waals surface area contributed by atoms with Crippen molar-refractivity contribution in [3.8, 4) is 0 Å². The molecule has 108 valence electrons. The standard InChI is InChI=1S/C12H22N4O2S/c1-3-13-10(2)11-6-4-5-9-16(11)19(17,18)12-7-8-14-15-12/h7-8,10-11,13H,3-6,9H2,1-2H3,(H,14,15). The van der Waals surface area contributed by atoms with Gasteiger partial charge in [0.1, 0.15) is 0 Å². The number of rotatable bonds is 5. The highest BCUT2D eigenvalue weighted by atomic mass is 32.2. The highest BCUT2D eigenvalue weighted by Gasteiger charge is 2.36. The molecule has 0 aliphatic carbocycles. The van der Waals surface area contributed by atoms with E-state index >= 15 is 0 Å². The number of sulfonamides is 1. The van der Waals surface area contributed by atoms with Crippen LogP contribution in [-0.2, 0) is 10.0 Å². The van der Waals surface area contributed by atoms with Crippen LogP contribution < -0.4 is 5.32 Å². The molecule has 0 radical (unpaired) electrons. The van der Waals surface area contributed by atoms with Gasteiger partial charge in [-0.2, -0.15) is 9.40 Å². The zero-order valence-electron chi connectivity index (χ0n) is 11.5. The third kappa shape index (κ3) is 2.98. The second-order valence-electron chi connectivity index (χ2n) is 4.95. The van der Waals surface area contributed by atoms with Crippen LogP contribution in [0.5, 0.6) is 0 Å². The molecule has 2 unspecified atom stereocenters. The van der Waals surface area contributed by atoms with Crippen molar-refractivity contribution in [2.75, 3.05) is 13.1 Å². The maximum atomic E-state index is 12.6. The Bertz CT molecular complexity index is 486. The predicted molar refractivity (Wildman–Crippen MR) is 73.3 cm³/mol. The summed E-state index contributed by atoms with van der Waals surface area (Å²) in [6.45, 7) is 5.51. The summed E-state index contributed by atoms with van der Waals surface area (Å²) in [6, 6.07) is 1.68. The van der Waals surface area contributed by atoms with Crippen LogP contribution in [0.25, 0.3) is 0 Å².